The number of benzene rings is 1. The monoisotopic (exact) mass is 213 g/mol. The van der Waals surface area contributed by atoms with Crippen LogP contribution in [0.1, 0.15) is 35.8 Å². The third-order valence-corrected chi connectivity index (χ3v) is 4.22. The Balaban J connectivity index is 2.09. The summed E-state index contributed by atoms with van der Waals surface area (Å²) in [5.41, 5.74) is 1.99. The summed E-state index contributed by atoms with van der Waals surface area (Å²) in [6.07, 6.45) is 9.34. The molecule has 0 atom stereocenters. The summed E-state index contributed by atoms with van der Waals surface area (Å²) in [6, 6.07) is 6.09. The average molecular weight is 213 g/mol. The minimum atomic E-state index is 0.719. The molecule has 0 unspecified atom stereocenters. The molecule has 0 N–H and O–H groups in total. The Labute approximate surface area is 93.2 Å². The Bertz CT molecular complexity index is 543. The van der Waals surface area contributed by atoms with E-state index in [0.717, 1.165) is 17.0 Å². The summed E-state index contributed by atoms with van der Waals surface area (Å²) < 4.78 is 1.26. The smallest absolute Gasteiger partial charge is 0.0969 e. The molecule has 0 bridgehead atoms. The SMILES string of the molecule is C#Cc1ccc2sc(C3CCC3)nc2c1. The zero-order valence-corrected chi connectivity index (χ0v) is 9.18. The molecule has 0 radical (unpaired) electrons. The Morgan fingerprint density at radius 3 is 2.93 bits per heavy atom. The Kier molecular flexibility index (Phi) is 2.00. The lowest BCUT2D eigenvalue weighted by atomic mass is 9.86. The second kappa shape index (κ2) is 3.36. The molecule has 0 amide bonds. The molecule has 2 heteroatoms. The van der Waals surface area contributed by atoms with Gasteiger partial charge in [-0.1, -0.05) is 12.3 Å². The van der Waals surface area contributed by atoms with Crippen molar-refractivity contribution in [1.29, 1.82) is 0 Å². The highest BCUT2D eigenvalue weighted by Crippen LogP contribution is 2.39. The molecule has 1 saturated carbocycles. The highest BCUT2D eigenvalue weighted by Gasteiger charge is 2.22. The minimum absolute atomic E-state index is 0.719. The molecule has 15 heavy (non-hydrogen) atoms. The number of hydrogen-bond acceptors (Lipinski definition) is 2. The van der Waals surface area contributed by atoms with Crippen molar-refractivity contribution >= 4 is 21.6 Å². The second-order valence-electron chi connectivity index (χ2n) is 4.01. The number of rotatable bonds is 1. The van der Waals surface area contributed by atoms with Crippen LogP contribution in [0.25, 0.3) is 10.2 Å². The molecule has 1 nitrogen and oxygen atoms in total. The normalized spacial score (nSPS) is 16.2. The number of hydrogen-bond donors (Lipinski definition) is 0. The van der Waals surface area contributed by atoms with Gasteiger partial charge in [-0.2, -0.15) is 0 Å². The van der Waals surface area contributed by atoms with Crippen molar-refractivity contribution in [2.75, 3.05) is 0 Å². The predicted octanol–water partition coefficient (Wildman–Crippen LogP) is 3.55. The highest BCUT2D eigenvalue weighted by atomic mass is 32.1. The Morgan fingerprint density at radius 2 is 2.27 bits per heavy atom. The average Bonchev–Trinajstić information content (AvgIpc) is 2.56. The van der Waals surface area contributed by atoms with E-state index in [1.54, 1.807) is 0 Å². The van der Waals surface area contributed by atoms with E-state index in [2.05, 4.69) is 17.0 Å². The molecule has 0 aliphatic heterocycles. The van der Waals surface area contributed by atoms with Crippen LogP contribution in [0.3, 0.4) is 0 Å². The zero-order chi connectivity index (χ0) is 10.3. The molecule has 0 saturated heterocycles. The summed E-state index contributed by atoms with van der Waals surface area (Å²) in [5, 5.41) is 1.30. The highest BCUT2D eigenvalue weighted by molar-refractivity contribution is 7.18. The molecule has 1 aliphatic rings. The first-order chi connectivity index (χ1) is 7.36. The van der Waals surface area contributed by atoms with Gasteiger partial charge in [0, 0.05) is 11.5 Å². The van der Waals surface area contributed by atoms with Crippen LogP contribution < -0.4 is 0 Å². The topological polar surface area (TPSA) is 12.9 Å². The van der Waals surface area contributed by atoms with Gasteiger partial charge < -0.3 is 0 Å². The maximum absolute atomic E-state index is 5.37. The van der Waals surface area contributed by atoms with Gasteiger partial charge in [-0.3, -0.25) is 0 Å². The number of fused-ring (bicyclic) bond motifs is 1. The fraction of sp³-hybridized carbons (Fsp3) is 0.308. The molecule has 1 aromatic carbocycles. The van der Waals surface area contributed by atoms with Gasteiger partial charge in [0.1, 0.15) is 0 Å². The van der Waals surface area contributed by atoms with Crippen molar-refractivity contribution in [3.8, 4) is 12.3 Å². The number of aromatic nitrogens is 1. The van der Waals surface area contributed by atoms with Crippen molar-refractivity contribution in [1.82, 2.24) is 4.98 Å². The molecule has 3 rings (SSSR count). The van der Waals surface area contributed by atoms with Gasteiger partial charge in [0.15, 0.2) is 0 Å². The van der Waals surface area contributed by atoms with Crippen LogP contribution in [0, 0.1) is 12.3 Å². The second-order valence-corrected chi connectivity index (χ2v) is 5.07. The third-order valence-electron chi connectivity index (χ3n) is 3.03. The first kappa shape index (κ1) is 8.94. The summed E-state index contributed by atoms with van der Waals surface area (Å²) in [7, 11) is 0. The molecule has 2 aromatic rings. The van der Waals surface area contributed by atoms with Crippen molar-refractivity contribution in [3.05, 3.63) is 28.8 Å². The van der Waals surface area contributed by atoms with Crippen LogP contribution in [0.5, 0.6) is 0 Å². The molecule has 1 fully saturated rings. The fourth-order valence-corrected chi connectivity index (χ4v) is 2.98. The zero-order valence-electron chi connectivity index (χ0n) is 8.36. The van der Waals surface area contributed by atoms with Crippen LogP contribution in [-0.2, 0) is 0 Å². The Hall–Kier alpha value is -1.33. The summed E-state index contributed by atoms with van der Waals surface area (Å²) in [5.74, 6) is 3.37. The van der Waals surface area contributed by atoms with Crippen LogP contribution in [0.15, 0.2) is 18.2 Å². The predicted molar refractivity (Wildman–Crippen MR) is 64.1 cm³/mol. The van der Waals surface area contributed by atoms with E-state index in [1.165, 1.54) is 29.0 Å². The number of terminal acetylenes is 1. The van der Waals surface area contributed by atoms with Gasteiger partial charge >= 0.3 is 0 Å². The van der Waals surface area contributed by atoms with Crippen LogP contribution >= 0.6 is 11.3 Å². The first-order valence-corrected chi connectivity index (χ1v) is 6.05. The summed E-state index contributed by atoms with van der Waals surface area (Å²) in [4.78, 5) is 4.67. The summed E-state index contributed by atoms with van der Waals surface area (Å²) in [6.45, 7) is 0. The van der Waals surface area contributed by atoms with Crippen molar-refractivity contribution in [2.24, 2.45) is 0 Å². The van der Waals surface area contributed by atoms with Gasteiger partial charge in [-0.15, -0.1) is 17.8 Å². The molecule has 1 aliphatic carbocycles. The molecule has 74 valence electrons. The lowest BCUT2D eigenvalue weighted by molar-refractivity contribution is 0.419. The molecular formula is C13H11NS. The van der Waals surface area contributed by atoms with E-state index in [-0.39, 0.29) is 0 Å². The van der Waals surface area contributed by atoms with Gasteiger partial charge in [-0.05, 0) is 31.0 Å². The lowest BCUT2D eigenvalue weighted by Crippen LogP contribution is -2.07. The number of nitrogens with zero attached hydrogens (tertiary/aromatic N) is 1. The first-order valence-electron chi connectivity index (χ1n) is 5.24. The molecule has 1 aromatic heterocycles. The molecule has 0 spiro atoms. The third kappa shape index (κ3) is 1.44. The maximum atomic E-state index is 5.37. The van der Waals surface area contributed by atoms with E-state index in [0.29, 0.717) is 0 Å². The van der Waals surface area contributed by atoms with E-state index in [1.807, 2.05) is 23.5 Å². The van der Waals surface area contributed by atoms with E-state index >= 15 is 0 Å². The Morgan fingerprint density at radius 1 is 1.40 bits per heavy atom. The van der Waals surface area contributed by atoms with E-state index in [9.17, 15) is 0 Å². The van der Waals surface area contributed by atoms with Crippen LogP contribution in [0.4, 0.5) is 0 Å². The van der Waals surface area contributed by atoms with Gasteiger partial charge in [0.05, 0.1) is 15.2 Å². The van der Waals surface area contributed by atoms with Crippen molar-refractivity contribution < 1.29 is 0 Å². The molecule has 1 heterocycles. The van der Waals surface area contributed by atoms with Gasteiger partial charge in [-0.25, -0.2) is 4.98 Å². The van der Waals surface area contributed by atoms with Crippen LogP contribution in [0.2, 0.25) is 0 Å². The molecular weight excluding hydrogens is 202 g/mol. The van der Waals surface area contributed by atoms with Crippen molar-refractivity contribution in [3.63, 3.8) is 0 Å². The quantitative estimate of drug-likeness (QED) is 0.660. The van der Waals surface area contributed by atoms with Crippen LogP contribution in [-0.4, -0.2) is 4.98 Å². The maximum Gasteiger partial charge on any atom is 0.0969 e. The van der Waals surface area contributed by atoms with Crippen molar-refractivity contribution in [2.45, 2.75) is 25.2 Å². The van der Waals surface area contributed by atoms with E-state index < -0.39 is 0 Å². The van der Waals surface area contributed by atoms with Gasteiger partial charge in [0.25, 0.3) is 0 Å². The largest absolute Gasteiger partial charge is 0.241 e. The van der Waals surface area contributed by atoms with Gasteiger partial charge in [0.2, 0.25) is 0 Å². The lowest BCUT2D eigenvalue weighted by Gasteiger charge is -2.22. The van der Waals surface area contributed by atoms with E-state index in [4.69, 9.17) is 6.42 Å². The number of thiazole rings is 1. The summed E-state index contributed by atoms with van der Waals surface area (Å²) >= 11 is 1.82. The standard InChI is InChI=1S/C13H11NS/c1-2-9-6-7-12-11(8-9)14-13(15-12)10-4-3-5-10/h1,6-8,10H,3-5H2. The fourth-order valence-electron chi connectivity index (χ4n) is 1.86. The minimum Gasteiger partial charge on any atom is -0.241 e.